The van der Waals surface area contributed by atoms with Crippen molar-refractivity contribution in [3.8, 4) is 5.69 Å². The minimum atomic E-state index is -0.402. The van der Waals surface area contributed by atoms with Crippen LogP contribution in [-0.2, 0) is 13.1 Å². The molecule has 9 heteroatoms. The van der Waals surface area contributed by atoms with Crippen LogP contribution in [0, 0.1) is 11.2 Å². The van der Waals surface area contributed by atoms with E-state index in [1.165, 1.54) is 30.8 Å². The minimum Gasteiger partial charge on any atom is -0.340 e. The molecular formula is C24H25ClFN7. The number of benzene rings is 1. The smallest absolute Gasteiger partial charge is 0.225 e. The molecule has 3 aromatic rings. The van der Waals surface area contributed by atoms with Gasteiger partial charge in [-0.25, -0.2) is 14.4 Å². The molecule has 2 saturated carbocycles. The highest BCUT2D eigenvalue weighted by molar-refractivity contribution is 6.30. The first-order valence-electron chi connectivity index (χ1n) is 11.6. The van der Waals surface area contributed by atoms with E-state index in [1.807, 2.05) is 6.07 Å². The summed E-state index contributed by atoms with van der Waals surface area (Å²) >= 11 is 6.39. The summed E-state index contributed by atoms with van der Waals surface area (Å²) in [5.41, 5.74) is 2.93. The van der Waals surface area contributed by atoms with Crippen LogP contribution < -0.4 is 4.90 Å². The van der Waals surface area contributed by atoms with E-state index in [0.29, 0.717) is 11.9 Å². The second-order valence-corrected chi connectivity index (χ2v) is 11.0. The lowest BCUT2D eigenvalue weighted by Gasteiger charge is -2.58. The number of hydrogen-bond acceptors (Lipinski definition) is 6. The monoisotopic (exact) mass is 465 g/mol. The summed E-state index contributed by atoms with van der Waals surface area (Å²) < 4.78 is 15.4. The third-order valence-corrected chi connectivity index (χ3v) is 8.37. The topological polar surface area (TPSA) is 63.0 Å². The van der Waals surface area contributed by atoms with Gasteiger partial charge in [-0.3, -0.25) is 9.47 Å². The van der Waals surface area contributed by atoms with Gasteiger partial charge in [0, 0.05) is 41.5 Å². The Morgan fingerprint density at radius 2 is 1.82 bits per heavy atom. The Hall–Kier alpha value is -2.58. The Morgan fingerprint density at radius 3 is 2.55 bits per heavy atom. The normalized spacial score (nSPS) is 22.8. The van der Waals surface area contributed by atoms with Crippen LogP contribution in [0.15, 0.2) is 30.6 Å². The fourth-order valence-electron chi connectivity index (χ4n) is 5.97. The van der Waals surface area contributed by atoms with Gasteiger partial charge in [-0.1, -0.05) is 11.6 Å². The number of nitrogens with zero attached hydrogens (tertiary/aromatic N) is 7. The quantitative estimate of drug-likeness (QED) is 0.580. The molecule has 7 rings (SSSR count). The Bertz CT molecular complexity index is 1240. The first kappa shape index (κ1) is 19.9. The van der Waals surface area contributed by atoms with Gasteiger partial charge in [0.05, 0.1) is 24.6 Å². The Morgan fingerprint density at radius 1 is 1.06 bits per heavy atom. The maximum atomic E-state index is 13.1. The predicted molar refractivity (Wildman–Crippen MR) is 122 cm³/mol. The molecule has 170 valence electrons. The highest BCUT2D eigenvalue weighted by atomic mass is 35.5. The molecule has 2 aromatic heterocycles. The fourth-order valence-corrected chi connectivity index (χ4v) is 6.16. The van der Waals surface area contributed by atoms with Crippen LogP contribution >= 0.6 is 11.6 Å². The van der Waals surface area contributed by atoms with Gasteiger partial charge in [0.15, 0.2) is 11.6 Å². The maximum Gasteiger partial charge on any atom is 0.225 e. The van der Waals surface area contributed by atoms with Crippen molar-refractivity contribution >= 4 is 17.5 Å². The summed E-state index contributed by atoms with van der Waals surface area (Å²) in [6.45, 7) is 5.86. The van der Waals surface area contributed by atoms with Crippen LogP contribution in [-0.4, -0.2) is 48.3 Å². The van der Waals surface area contributed by atoms with Gasteiger partial charge in [-0.2, -0.15) is 0 Å². The summed E-state index contributed by atoms with van der Waals surface area (Å²) in [7, 11) is 0. The number of rotatable bonds is 3. The Balaban J connectivity index is 1.15. The van der Waals surface area contributed by atoms with Gasteiger partial charge < -0.3 is 4.90 Å². The van der Waals surface area contributed by atoms with E-state index in [4.69, 9.17) is 16.7 Å². The molecule has 7 nitrogen and oxygen atoms in total. The van der Waals surface area contributed by atoms with Gasteiger partial charge in [-0.05, 0) is 56.4 Å². The predicted octanol–water partition coefficient (Wildman–Crippen LogP) is 4.10. The molecule has 33 heavy (non-hydrogen) atoms. The van der Waals surface area contributed by atoms with Gasteiger partial charge in [0.2, 0.25) is 5.95 Å². The number of halogens is 2. The SMILES string of the molecule is CC1(N2Cc3cc(Cl)ccc3-n3c(nnc3C3CC4(C3)CN(c3ncc(F)cn3)C4)C2)CC1. The van der Waals surface area contributed by atoms with Crippen molar-refractivity contribution in [2.24, 2.45) is 5.41 Å². The summed E-state index contributed by atoms with van der Waals surface area (Å²) in [6.07, 6.45) is 7.07. The van der Waals surface area contributed by atoms with E-state index in [-0.39, 0.29) is 11.0 Å². The fraction of sp³-hybridized carbons (Fsp3) is 0.500. The third kappa shape index (κ3) is 3.10. The van der Waals surface area contributed by atoms with E-state index in [0.717, 1.165) is 61.4 Å². The summed E-state index contributed by atoms with van der Waals surface area (Å²) in [5.74, 6) is 2.69. The molecule has 0 unspecified atom stereocenters. The number of fused-ring (bicyclic) bond motifs is 3. The lowest BCUT2D eigenvalue weighted by Crippen LogP contribution is -2.62. The van der Waals surface area contributed by atoms with Crippen molar-refractivity contribution in [1.82, 2.24) is 29.6 Å². The number of aromatic nitrogens is 5. The van der Waals surface area contributed by atoms with Crippen LogP contribution in [0.2, 0.25) is 5.02 Å². The molecule has 3 fully saturated rings. The van der Waals surface area contributed by atoms with Gasteiger partial charge in [0.25, 0.3) is 0 Å². The minimum absolute atomic E-state index is 0.249. The van der Waals surface area contributed by atoms with Gasteiger partial charge in [0.1, 0.15) is 5.82 Å². The molecule has 0 radical (unpaired) electrons. The van der Waals surface area contributed by atoms with Crippen molar-refractivity contribution in [1.29, 1.82) is 0 Å². The molecule has 1 saturated heterocycles. The van der Waals surface area contributed by atoms with Crippen LogP contribution in [0.3, 0.4) is 0 Å². The molecule has 2 aliphatic carbocycles. The number of hydrogen-bond donors (Lipinski definition) is 0. The molecule has 0 N–H and O–H groups in total. The zero-order chi connectivity index (χ0) is 22.4. The standard InChI is InChI=1S/C24H25ClFN7/c1-23(4-5-23)32-11-15-6-17(25)2-3-19(15)33-20(12-32)29-30-21(33)16-7-24(8-16)13-31(14-24)22-27-9-18(26)10-28-22/h2-3,6,9-10,16H,4-5,7-8,11-14H2,1H3. The summed E-state index contributed by atoms with van der Waals surface area (Å²) in [4.78, 5) is 12.9. The Kier molecular flexibility index (Phi) is 4.05. The largest absolute Gasteiger partial charge is 0.340 e. The van der Waals surface area contributed by atoms with Crippen molar-refractivity contribution in [3.05, 3.63) is 58.6 Å². The summed E-state index contributed by atoms with van der Waals surface area (Å²) in [5, 5.41) is 10.1. The van der Waals surface area contributed by atoms with Crippen molar-refractivity contribution in [3.63, 3.8) is 0 Å². The van der Waals surface area contributed by atoms with Crippen LogP contribution in [0.25, 0.3) is 5.69 Å². The highest BCUT2D eigenvalue weighted by Crippen LogP contribution is 2.56. The van der Waals surface area contributed by atoms with Crippen molar-refractivity contribution < 1.29 is 4.39 Å². The average Bonchev–Trinajstić information content (AvgIpc) is 3.40. The maximum absolute atomic E-state index is 13.1. The van der Waals surface area contributed by atoms with E-state index in [1.54, 1.807) is 0 Å². The van der Waals surface area contributed by atoms with Gasteiger partial charge >= 0.3 is 0 Å². The highest BCUT2D eigenvalue weighted by Gasteiger charge is 2.55. The molecule has 1 spiro atoms. The average molecular weight is 466 g/mol. The second-order valence-electron chi connectivity index (χ2n) is 10.6. The lowest BCUT2D eigenvalue weighted by atomic mass is 9.57. The Labute approximate surface area is 196 Å². The third-order valence-electron chi connectivity index (χ3n) is 8.13. The molecule has 4 heterocycles. The van der Waals surface area contributed by atoms with E-state index < -0.39 is 5.82 Å². The molecule has 4 aliphatic rings. The second kappa shape index (κ2) is 6.73. The van der Waals surface area contributed by atoms with Crippen molar-refractivity contribution in [2.75, 3.05) is 18.0 Å². The first-order chi connectivity index (χ1) is 15.9. The zero-order valence-corrected chi connectivity index (χ0v) is 19.3. The molecule has 2 aliphatic heterocycles. The molecule has 1 aromatic carbocycles. The zero-order valence-electron chi connectivity index (χ0n) is 18.5. The first-order valence-corrected chi connectivity index (χ1v) is 12.0. The molecule has 0 bridgehead atoms. The van der Waals surface area contributed by atoms with E-state index in [9.17, 15) is 4.39 Å². The van der Waals surface area contributed by atoms with E-state index >= 15 is 0 Å². The van der Waals surface area contributed by atoms with Crippen molar-refractivity contribution in [2.45, 2.75) is 57.2 Å². The molecule has 0 amide bonds. The molecule has 0 atom stereocenters. The summed E-state index contributed by atoms with van der Waals surface area (Å²) in [6, 6.07) is 6.19. The number of anilines is 1. The van der Waals surface area contributed by atoms with Crippen LogP contribution in [0.4, 0.5) is 10.3 Å². The molecular weight excluding hydrogens is 441 g/mol. The van der Waals surface area contributed by atoms with E-state index in [2.05, 4.69) is 48.5 Å². The lowest BCUT2D eigenvalue weighted by molar-refractivity contribution is 0.0574. The van der Waals surface area contributed by atoms with Crippen LogP contribution in [0.1, 0.15) is 55.7 Å². The van der Waals surface area contributed by atoms with Crippen LogP contribution in [0.5, 0.6) is 0 Å². The van der Waals surface area contributed by atoms with Gasteiger partial charge in [-0.15, -0.1) is 10.2 Å².